The first-order valence-electron chi connectivity index (χ1n) is 12.5. The highest BCUT2D eigenvalue weighted by Gasteiger charge is 2.33. The Bertz CT molecular complexity index is 847. The summed E-state index contributed by atoms with van der Waals surface area (Å²) in [6, 6.07) is 14.4. The van der Waals surface area contributed by atoms with Gasteiger partial charge in [0.1, 0.15) is 0 Å². The van der Waals surface area contributed by atoms with Crippen molar-refractivity contribution in [2.45, 2.75) is 82.1 Å². The summed E-state index contributed by atoms with van der Waals surface area (Å²) in [4.78, 5) is 5.18. The van der Waals surface area contributed by atoms with Gasteiger partial charge in [0, 0.05) is 13.1 Å². The zero-order valence-corrected chi connectivity index (χ0v) is 22.3. The summed E-state index contributed by atoms with van der Waals surface area (Å²) >= 11 is 0. The lowest BCUT2D eigenvalue weighted by Crippen LogP contribution is -2.38. The van der Waals surface area contributed by atoms with Crippen LogP contribution in [0.3, 0.4) is 0 Å². The smallest absolute Gasteiger partial charge is 0.0655 e. The molecule has 2 heteroatoms. The lowest BCUT2D eigenvalue weighted by atomic mass is 9.90. The van der Waals surface area contributed by atoms with Gasteiger partial charge < -0.3 is 9.80 Å². The largest absolute Gasteiger partial charge is 0.338 e. The van der Waals surface area contributed by atoms with E-state index in [0.717, 1.165) is 25.9 Å². The summed E-state index contributed by atoms with van der Waals surface area (Å²) in [7, 11) is 0. The van der Waals surface area contributed by atoms with Crippen molar-refractivity contribution in [3.8, 4) is 0 Å². The Hall–Kier alpha value is -1.96. The van der Waals surface area contributed by atoms with Crippen LogP contribution in [0.15, 0.2) is 36.4 Å². The van der Waals surface area contributed by atoms with Crippen molar-refractivity contribution < 1.29 is 0 Å². The van der Waals surface area contributed by atoms with Crippen LogP contribution in [0, 0.1) is 22.7 Å². The van der Waals surface area contributed by atoms with E-state index in [9.17, 15) is 0 Å². The van der Waals surface area contributed by atoms with Gasteiger partial charge in [-0.2, -0.15) is 0 Å². The van der Waals surface area contributed by atoms with Crippen LogP contribution in [0.4, 0.5) is 22.7 Å². The van der Waals surface area contributed by atoms with Crippen LogP contribution >= 0.6 is 0 Å². The molecule has 3 rings (SSSR count). The summed E-state index contributed by atoms with van der Waals surface area (Å²) in [6.45, 7) is 25.3. The third-order valence-corrected chi connectivity index (χ3v) is 5.80. The molecule has 0 radical (unpaired) electrons. The molecule has 2 nitrogen and oxygen atoms in total. The van der Waals surface area contributed by atoms with E-state index in [1.54, 1.807) is 0 Å². The normalized spacial score (nSPS) is 14.2. The van der Waals surface area contributed by atoms with Crippen molar-refractivity contribution in [1.29, 1.82) is 0 Å². The maximum Gasteiger partial charge on any atom is 0.0655 e. The van der Waals surface area contributed by atoms with E-state index < -0.39 is 0 Å². The lowest BCUT2D eigenvalue weighted by Gasteiger charge is -2.44. The van der Waals surface area contributed by atoms with Crippen LogP contribution in [-0.4, -0.2) is 13.1 Å². The number of hydrogen-bond donors (Lipinski definition) is 0. The maximum absolute atomic E-state index is 2.59. The molecule has 0 spiro atoms. The van der Waals surface area contributed by atoms with Crippen LogP contribution in [0.1, 0.15) is 80.4 Å². The maximum atomic E-state index is 2.59. The van der Waals surface area contributed by atoms with Crippen LogP contribution in [0.2, 0.25) is 0 Å². The molecule has 2 aromatic rings. The number of nitrogens with zero attached hydrogens (tertiary/aromatic N) is 2. The molecule has 0 saturated carbocycles. The van der Waals surface area contributed by atoms with E-state index in [0.29, 0.717) is 11.8 Å². The summed E-state index contributed by atoms with van der Waals surface area (Å²) < 4.78 is 0. The minimum atomic E-state index is 0.200. The van der Waals surface area contributed by atoms with Crippen molar-refractivity contribution in [2.75, 3.05) is 22.9 Å². The van der Waals surface area contributed by atoms with Gasteiger partial charge in [-0.3, -0.25) is 0 Å². The van der Waals surface area contributed by atoms with Gasteiger partial charge in [0.05, 0.1) is 22.7 Å². The first-order chi connectivity index (χ1) is 14.7. The van der Waals surface area contributed by atoms with Gasteiger partial charge >= 0.3 is 0 Å². The van der Waals surface area contributed by atoms with E-state index in [2.05, 4.69) is 115 Å². The fraction of sp³-hybridized carbons (Fsp3) is 0.600. The van der Waals surface area contributed by atoms with Crippen LogP contribution < -0.4 is 9.80 Å². The molecular formula is C30H46N2. The summed E-state index contributed by atoms with van der Waals surface area (Å²) in [5.74, 6) is 1.31. The highest BCUT2D eigenvalue weighted by molar-refractivity contribution is 5.93. The molecule has 0 unspecified atom stereocenters. The zero-order chi connectivity index (χ0) is 23.8. The number of benzene rings is 2. The Morgan fingerprint density at radius 2 is 0.906 bits per heavy atom. The molecule has 0 atom stereocenters. The second-order valence-electron chi connectivity index (χ2n) is 13.1. The standard InChI is InChI=1S/C30H46N2/c1-21(2)15-23-11-13-25-27(17-23)31(19-29(5,6)7)26-14-12-24(16-22(3)4)18-28(26)32(25)20-30(8,9)10/h11-14,17-18,21-22H,15-16,19-20H2,1-10H3. The molecule has 1 heterocycles. The molecule has 0 amide bonds. The molecule has 0 aromatic heterocycles. The molecule has 0 aliphatic carbocycles. The molecule has 1 aliphatic heterocycles. The fourth-order valence-electron chi connectivity index (χ4n) is 4.77. The first-order valence-corrected chi connectivity index (χ1v) is 12.5. The van der Waals surface area contributed by atoms with Gasteiger partial charge in [0.25, 0.3) is 0 Å². The van der Waals surface area contributed by atoms with Crippen molar-refractivity contribution in [2.24, 2.45) is 22.7 Å². The Kier molecular flexibility index (Phi) is 7.03. The topological polar surface area (TPSA) is 6.48 Å². The van der Waals surface area contributed by atoms with Crippen LogP contribution in [-0.2, 0) is 12.8 Å². The second kappa shape index (κ2) is 9.12. The third-order valence-electron chi connectivity index (χ3n) is 5.80. The summed E-state index contributed by atoms with van der Waals surface area (Å²) in [5.41, 5.74) is 8.72. The lowest BCUT2D eigenvalue weighted by molar-refractivity contribution is 0.417. The third kappa shape index (κ3) is 6.09. The molecule has 2 aromatic carbocycles. The average Bonchev–Trinajstić information content (AvgIpc) is 2.61. The second-order valence-corrected chi connectivity index (χ2v) is 13.1. The fourth-order valence-corrected chi connectivity index (χ4v) is 4.77. The Balaban J connectivity index is 2.21. The molecule has 32 heavy (non-hydrogen) atoms. The van der Waals surface area contributed by atoms with Crippen molar-refractivity contribution in [3.63, 3.8) is 0 Å². The van der Waals surface area contributed by atoms with Gasteiger partial charge in [-0.25, -0.2) is 0 Å². The molecule has 0 bridgehead atoms. The van der Waals surface area contributed by atoms with Gasteiger partial charge in [0.15, 0.2) is 0 Å². The number of fused-ring (bicyclic) bond motifs is 2. The Morgan fingerprint density at radius 1 is 0.562 bits per heavy atom. The van der Waals surface area contributed by atoms with E-state index in [-0.39, 0.29) is 10.8 Å². The highest BCUT2D eigenvalue weighted by atomic mass is 15.3. The molecule has 0 saturated heterocycles. The van der Waals surface area contributed by atoms with Gasteiger partial charge in [-0.1, -0.05) is 81.4 Å². The highest BCUT2D eigenvalue weighted by Crippen LogP contribution is 2.50. The van der Waals surface area contributed by atoms with Crippen molar-refractivity contribution in [1.82, 2.24) is 0 Å². The van der Waals surface area contributed by atoms with Gasteiger partial charge in [-0.15, -0.1) is 0 Å². The predicted octanol–water partition coefficient (Wildman–Crippen LogP) is 8.77. The van der Waals surface area contributed by atoms with Crippen molar-refractivity contribution in [3.05, 3.63) is 47.5 Å². The Labute approximate surface area is 198 Å². The number of hydrogen-bond acceptors (Lipinski definition) is 2. The Morgan fingerprint density at radius 3 is 1.19 bits per heavy atom. The molecule has 1 aliphatic rings. The summed E-state index contributed by atoms with van der Waals surface area (Å²) in [5, 5.41) is 0. The van der Waals surface area contributed by atoms with Gasteiger partial charge in [0.2, 0.25) is 0 Å². The molecule has 0 fully saturated rings. The average molecular weight is 435 g/mol. The quantitative estimate of drug-likeness (QED) is 0.448. The minimum Gasteiger partial charge on any atom is -0.338 e. The molecule has 0 N–H and O–H groups in total. The zero-order valence-electron chi connectivity index (χ0n) is 22.3. The van der Waals surface area contributed by atoms with E-state index in [1.807, 2.05) is 0 Å². The monoisotopic (exact) mass is 434 g/mol. The minimum absolute atomic E-state index is 0.200. The van der Waals surface area contributed by atoms with E-state index in [1.165, 1.54) is 33.9 Å². The van der Waals surface area contributed by atoms with Crippen molar-refractivity contribution >= 4 is 22.7 Å². The molecule has 176 valence electrons. The first kappa shape index (κ1) is 24.7. The number of anilines is 4. The van der Waals surface area contributed by atoms with Gasteiger partial charge in [-0.05, 0) is 70.9 Å². The predicted molar refractivity (Wildman–Crippen MR) is 143 cm³/mol. The molecular weight excluding hydrogens is 388 g/mol. The van der Waals surface area contributed by atoms with Crippen LogP contribution in [0.25, 0.3) is 0 Å². The van der Waals surface area contributed by atoms with E-state index in [4.69, 9.17) is 0 Å². The van der Waals surface area contributed by atoms with E-state index >= 15 is 0 Å². The SMILES string of the molecule is CC(C)Cc1ccc2c(c1)N(CC(C)(C)C)c1ccc(CC(C)C)cc1N2CC(C)(C)C. The number of rotatable bonds is 6. The summed E-state index contributed by atoms with van der Waals surface area (Å²) in [6.07, 6.45) is 2.24. The van der Waals surface area contributed by atoms with Crippen LogP contribution in [0.5, 0.6) is 0 Å².